The Labute approximate surface area is 162 Å². The van der Waals surface area contributed by atoms with Gasteiger partial charge in [0.15, 0.2) is 0 Å². The third kappa shape index (κ3) is 3.99. The fourth-order valence-corrected chi connectivity index (χ4v) is 5.24. The third-order valence-corrected chi connectivity index (χ3v) is 6.57. The number of benzene rings is 1. The van der Waals surface area contributed by atoms with E-state index in [0.717, 1.165) is 36.9 Å². The summed E-state index contributed by atoms with van der Waals surface area (Å²) in [5.74, 6) is 2.34. The molecule has 4 rings (SSSR count). The quantitative estimate of drug-likeness (QED) is 0.704. The van der Waals surface area contributed by atoms with Gasteiger partial charge in [-0.25, -0.2) is 0 Å². The Morgan fingerprint density at radius 1 is 1.15 bits per heavy atom. The highest BCUT2D eigenvalue weighted by Crippen LogP contribution is 2.40. The summed E-state index contributed by atoms with van der Waals surface area (Å²) in [4.78, 5) is 2.81. The Kier molecular flexibility index (Phi) is 5.69. The van der Waals surface area contributed by atoms with Crippen molar-refractivity contribution in [3.8, 4) is 5.75 Å². The zero-order valence-corrected chi connectivity index (χ0v) is 16.9. The van der Waals surface area contributed by atoms with Crippen molar-refractivity contribution in [1.82, 2.24) is 14.7 Å². The summed E-state index contributed by atoms with van der Waals surface area (Å²) in [7, 11) is 3.54. The van der Waals surface area contributed by atoms with Gasteiger partial charge in [0.2, 0.25) is 0 Å². The Hall–Kier alpha value is -1.59. The number of aromatic nitrogens is 2. The summed E-state index contributed by atoms with van der Waals surface area (Å²) in [6.07, 6.45) is 8.66. The normalized spacial score (nSPS) is 26.6. The van der Waals surface area contributed by atoms with E-state index in [2.05, 4.69) is 33.7 Å². The predicted octanol–water partition coefficient (Wildman–Crippen LogP) is 3.96. The van der Waals surface area contributed by atoms with Gasteiger partial charge in [0.05, 0.1) is 18.8 Å². The van der Waals surface area contributed by atoms with Gasteiger partial charge in [-0.05, 0) is 56.1 Å². The van der Waals surface area contributed by atoms with E-state index >= 15 is 0 Å². The summed E-state index contributed by atoms with van der Waals surface area (Å²) in [5, 5.41) is 5.81. The highest BCUT2D eigenvalue weighted by molar-refractivity contribution is 5.80. The summed E-state index contributed by atoms with van der Waals surface area (Å²) in [5.41, 5.74) is 1.17. The van der Waals surface area contributed by atoms with Gasteiger partial charge in [-0.15, -0.1) is 0 Å². The fourth-order valence-electron chi connectivity index (χ4n) is 5.24. The number of nitrogens with zero attached hydrogens (tertiary/aromatic N) is 3. The first-order valence-electron chi connectivity index (χ1n) is 10.4. The second-order valence-electron chi connectivity index (χ2n) is 8.56. The molecular weight excluding hydrogens is 338 g/mol. The highest BCUT2D eigenvalue weighted by Gasteiger charge is 2.40. The zero-order chi connectivity index (χ0) is 18.8. The Morgan fingerprint density at radius 3 is 2.63 bits per heavy atom. The Balaban J connectivity index is 1.38. The molecule has 2 bridgehead atoms. The van der Waals surface area contributed by atoms with Crippen LogP contribution in [-0.2, 0) is 11.3 Å². The van der Waals surface area contributed by atoms with Gasteiger partial charge in [-0.1, -0.05) is 6.92 Å². The van der Waals surface area contributed by atoms with Crippen LogP contribution in [0.3, 0.4) is 0 Å². The molecule has 2 aromatic rings. The lowest BCUT2D eigenvalue weighted by Crippen LogP contribution is -2.45. The molecule has 27 heavy (non-hydrogen) atoms. The van der Waals surface area contributed by atoms with Gasteiger partial charge in [0.25, 0.3) is 0 Å². The van der Waals surface area contributed by atoms with Crippen molar-refractivity contribution < 1.29 is 9.47 Å². The van der Waals surface area contributed by atoms with Crippen molar-refractivity contribution in [2.75, 3.05) is 27.4 Å². The van der Waals surface area contributed by atoms with Crippen molar-refractivity contribution >= 4 is 10.9 Å². The molecule has 5 heteroatoms. The maximum atomic E-state index is 5.39. The number of hydrogen-bond acceptors (Lipinski definition) is 4. The van der Waals surface area contributed by atoms with Crippen LogP contribution in [-0.4, -0.2) is 54.1 Å². The van der Waals surface area contributed by atoms with Crippen molar-refractivity contribution in [1.29, 1.82) is 0 Å². The molecular formula is C22H33N3O2. The van der Waals surface area contributed by atoms with Gasteiger partial charge in [-0.3, -0.25) is 9.58 Å². The molecule has 5 nitrogen and oxygen atoms in total. The molecule has 2 aliphatic rings. The summed E-state index contributed by atoms with van der Waals surface area (Å²) in [6.45, 7) is 5.41. The monoisotopic (exact) mass is 371 g/mol. The lowest BCUT2D eigenvalue weighted by molar-refractivity contribution is 0.0700. The van der Waals surface area contributed by atoms with E-state index < -0.39 is 0 Å². The minimum absolute atomic E-state index is 0.581. The number of piperidine rings is 1. The molecule has 4 atom stereocenters. The van der Waals surface area contributed by atoms with E-state index in [1.165, 1.54) is 49.6 Å². The van der Waals surface area contributed by atoms with E-state index in [1.54, 1.807) is 7.11 Å². The van der Waals surface area contributed by atoms with Crippen LogP contribution in [0.2, 0.25) is 0 Å². The topological polar surface area (TPSA) is 39.5 Å². The van der Waals surface area contributed by atoms with Crippen molar-refractivity contribution in [2.24, 2.45) is 11.8 Å². The van der Waals surface area contributed by atoms with Gasteiger partial charge >= 0.3 is 0 Å². The van der Waals surface area contributed by atoms with Crippen LogP contribution in [0.5, 0.6) is 5.75 Å². The molecule has 3 heterocycles. The third-order valence-electron chi connectivity index (χ3n) is 6.57. The van der Waals surface area contributed by atoms with Crippen molar-refractivity contribution in [2.45, 2.75) is 57.7 Å². The predicted molar refractivity (Wildman–Crippen MR) is 108 cm³/mol. The zero-order valence-electron chi connectivity index (χ0n) is 16.9. The molecule has 0 amide bonds. The summed E-state index contributed by atoms with van der Waals surface area (Å²) >= 11 is 0. The van der Waals surface area contributed by atoms with E-state index in [1.807, 2.05) is 19.4 Å². The standard InChI is InChI=1S/C22H33N3O2/c1-16(15-25-22-12-21(27-3)7-4-18(22)13-23-25)14-24-19-5-6-20(24)11-17(10-19)8-9-26-2/h4,7,12-13,16-17,19-20H,5-6,8-11,14-15H2,1-3H3/t16-,17-,19+,20-/m1/s1. The highest BCUT2D eigenvalue weighted by atomic mass is 16.5. The van der Waals surface area contributed by atoms with Gasteiger partial charge in [0.1, 0.15) is 5.75 Å². The first-order chi connectivity index (χ1) is 13.2. The second-order valence-corrected chi connectivity index (χ2v) is 8.56. The van der Waals surface area contributed by atoms with Gasteiger partial charge in [0, 0.05) is 50.3 Å². The van der Waals surface area contributed by atoms with Crippen molar-refractivity contribution in [3.05, 3.63) is 24.4 Å². The lowest BCUT2D eigenvalue weighted by Gasteiger charge is -2.40. The lowest BCUT2D eigenvalue weighted by atomic mass is 9.88. The van der Waals surface area contributed by atoms with Crippen molar-refractivity contribution in [3.63, 3.8) is 0 Å². The number of fused-ring (bicyclic) bond motifs is 3. The van der Waals surface area contributed by atoms with Crippen LogP contribution >= 0.6 is 0 Å². The average Bonchev–Trinajstić information content (AvgIpc) is 3.16. The molecule has 0 radical (unpaired) electrons. The van der Waals surface area contributed by atoms with E-state index in [9.17, 15) is 0 Å². The van der Waals surface area contributed by atoms with Crippen LogP contribution in [0, 0.1) is 11.8 Å². The van der Waals surface area contributed by atoms with Crippen LogP contribution in [0.4, 0.5) is 0 Å². The van der Waals surface area contributed by atoms with E-state index in [4.69, 9.17) is 9.47 Å². The number of rotatable bonds is 8. The molecule has 2 aliphatic heterocycles. The molecule has 1 aromatic heterocycles. The largest absolute Gasteiger partial charge is 0.497 e. The number of ether oxygens (including phenoxy) is 2. The maximum absolute atomic E-state index is 5.39. The summed E-state index contributed by atoms with van der Waals surface area (Å²) < 4.78 is 12.8. The van der Waals surface area contributed by atoms with Gasteiger partial charge < -0.3 is 9.47 Å². The molecule has 0 unspecified atom stereocenters. The molecule has 2 fully saturated rings. The van der Waals surface area contributed by atoms with Crippen LogP contribution in [0.15, 0.2) is 24.4 Å². The Bertz CT molecular complexity index is 745. The van der Waals surface area contributed by atoms with Gasteiger partial charge in [-0.2, -0.15) is 5.10 Å². The molecule has 1 aromatic carbocycles. The smallest absolute Gasteiger partial charge is 0.121 e. The molecule has 0 saturated carbocycles. The van der Waals surface area contributed by atoms with Crippen LogP contribution in [0.25, 0.3) is 10.9 Å². The SMILES string of the molecule is COCC[C@H]1C[C@H]2CC[C@@H](C1)N2C[C@@H](C)Cn1ncc2ccc(OC)cc21. The minimum Gasteiger partial charge on any atom is -0.497 e. The van der Waals surface area contributed by atoms with Crippen LogP contribution < -0.4 is 4.74 Å². The number of hydrogen-bond donors (Lipinski definition) is 0. The average molecular weight is 372 g/mol. The molecule has 0 aliphatic carbocycles. The molecule has 0 spiro atoms. The summed E-state index contributed by atoms with van der Waals surface area (Å²) in [6, 6.07) is 7.75. The molecule has 2 saturated heterocycles. The van der Waals surface area contributed by atoms with E-state index in [-0.39, 0.29) is 0 Å². The molecule has 148 valence electrons. The minimum atomic E-state index is 0.581. The fraction of sp³-hybridized carbons (Fsp3) is 0.682. The first kappa shape index (κ1) is 18.8. The second kappa shape index (κ2) is 8.19. The maximum Gasteiger partial charge on any atom is 0.121 e. The van der Waals surface area contributed by atoms with E-state index in [0.29, 0.717) is 5.92 Å². The Morgan fingerprint density at radius 2 is 1.93 bits per heavy atom. The number of methoxy groups -OCH3 is 2. The molecule has 0 N–H and O–H groups in total. The first-order valence-corrected chi connectivity index (χ1v) is 10.4. The van der Waals surface area contributed by atoms with Crippen LogP contribution in [0.1, 0.15) is 39.0 Å².